The first kappa shape index (κ1) is 18.8. The molecule has 3 aromatic carbocycles. The molecule has 27 heavy (non-hydrogen) atoms. The molecule has 1 amide bonds. The zero-order valence-corrected chi connectivity index (χ0v) is 15.9. The van der Waals surface area contributed by atoms with Crippen LogP contribution in [0.4, 0.5) is 5.69 Å². The van der Waals surface area contributed by atoms with Crippen molar-refractivity contribution in [2.75, 3.05) is 12.4 Å². The van der Waals surface area contributed by atoms with E-state index in [-0.39, 0.29) is 5.91 Å². The minimum atomic E-state index is -0.242. The van der Waals surface area contributed by atoms with Crippen LogP contribution in [0.25, 0.3) is 0 Å². The van der Waals surface area contributed by atoms with Gasteiger partial charge in [-0.3, -0.25) is 4.79 Å². The van der Waals surface area contributed by atoms with Gasteiger partial charge in [0.1, 0.15) is 6.61 Å². The highest BCUT2D eigenvalue weighted by atomic mass is 35.5. The van der Waals surface area contributed by atoms with Crippen LogP contribution in [0.3, 0.4) is 0 Å². The molecule has 0 aliphatic rings. The van der Waals surface area contributed by atoms with E-state index in [1.54, 1.807) is 37.4 Å². The second-order valence-electron chi connectivity index (χ2n) is 6.05. The molecule has 138 valence electrons. The molecule has 1 N–H and O–H groups in total. The SMILES string of the molecule is COc1cc(C(=O)Nc2cc(Cl)ccc2C)ccc1OCc1ccccc1. The number of anilines is 1. The molecule has 3 rings (SSSR count). The number of carbonyl (C=O) groups excluding carboxylic acids is 1. The molecule has 0 spiro atoms. The summed E-state index contributed by atoms with van der Waals surface area (Å²) in [4.78, 5) is 12.6. The molecule has 5 heteroatoms. The minimum absolute atomic E-state index is 0.242. The fraction of sp³-hybridized carbons (Fsp3) is 0.136. The summed E-state index contributed by atoms with van der Waals surface area (Å²) in [6, 6.07) is 20.3. The normalized spacial score (nSPS) is 10.3. The van der Waals surface area contributed by atoms with Gasteiger partial charge in [-0.05, 0) is 48.4 Å². The summed E-state index contributed by atoms with van der Waals surface area (Å²) >= 11 is 6.01. The Labute approximate surface area is 163 Å². The van der Waals surface area contributed by atoms with E-state index in [0.29, 0.717) is 34.4 Å². The van der Waals surface area contributed by atoms with Gasteiger partial charge >= 0.3 is 0 Å². The first-order chi connectivity index (χ1) is 13.1. The van der Waals surface area contributed by atoms with E-state index in [1.807, 2.05) is 43.3 Å². The first-order valence-electron chi connectivity index (χ1n) is 8.49. The van der Waals surface area contributed by atoms with Gasteiger partial charge in [-0.25, -0.2) is 0 Å². The van der Waals surface area contributed by atoms with Crippen molar-refractivity contribution < 1.29 is 14.3 Å². The summed E-state index contributed by atoms with van der Waals surface area (Å²) in [5.74, 6) is 0.839. The van der Waals surface area contributed by atoms with Gasteiger partial charge in [0.25, 0.3) is 5.91 Å². The summed E-state index contributed by atoms with van der Waals surface area (Å²) in [6.07, 6.45) is 0. The fourth-order valence-electron chi connectivity index (χ4n) is 2.59. The first-order valence-corrected chi connectivity index (χ1v) is 8.87. The minimum Gasteiger partial charge on any atom is -0.493 e. The second-order valence-corrected chi connectivity index (χ2v) is 6.49. The van der Waals surface area contributed by atoms with Crippen LogP contribution in [-0.4, -0.2) is 13.0 Å². The highest BCUT2D eigenvalue weighted by Crippen LogP contribution is 2.29. The molecule has 0 heterocycles. The van der Waals surface area contributed by atoms with Gasteiger partial charge < -0.3 is 14.8 Å². The topological polar surface area (TPSA) is 47.6 Å². The molecule has 4 nitrogen and oxygen atoms in total. The van der Waals surface area contributed by atoms with E-state index >= 15 is 0 Å². The van der Waals surface area contributed by atoms with Crippen molar-refractivity contribution in [3.63, 3.8) is 0 Å². The van der Waals surface area contributed by atoms with Crippen molar-refractivity contribution in [3.8, 4) is 11.5 Å². The van der Waals surface area contributed by atoms with Crippen molar-refractivity contribution in [1.82, 2.24) is 0 Å². The fourth-order valence-corrected chi connectivity index (χ4v) is 2.76. The van der Waals surface area contributed by atoms with Crippen LogP contribution in [0.5, 0.6) is 11.5 Å². The zero-order valence-electron chi connectivity index (χ0n) is 15.2. The average Bonchev–Trinajstić information content (AvgIpc) is 2.69. The lowest BCUT2D eigenvalue weighted by Gasteiger charge is -2.13. The van der Waals surface area contributed by atoms with Gasteiger partial charge in [0.05, 0.1) is 7.11 Å². The molecule has 3 aromatic rings. The van der Waals surface area contributed by atoms with E-state index in [4.69, 9.17) is 21.1 Å². The maximum absolute atomic E-state index is 12.6. The summed E-state index contributed by atoms with van der Waals surface area (Å²) < 4.78 is 11.2. The van der Waals surface area contributed by atoms with Gasteiger partial charge in [-0.1, -0.05) is 48.0 Å². The number of nitrogens with one attached hydrogen (secondary N) is 1. The van der Waals surface area contributed by atoms with E-state index < -0.39 is 0 Å². The van der Waals surface area contributed by atoms with Crippen LogP contribution in [0, 0.1) is 6.92 Å². The van der Waals surface area contributed by atoms with E-state index in [9.17, 15) is 4.79 Å². The number of carbonyl (C=O) groups is 1. The van der Waals surface area contributed by atoms with Crippen molar-refractivity contribution in [1.29, 1.82) is 0 Å². The van der Waals surface area contributed by atoms with E-state index in [0.717, 1.165) is 11.1 Å². The van der Waals surface area contributed by atoms with Gasteiger partial charge in [-0.2, -0.15) is 0 Å². The summed E-state index contributed by atoms with van der Waals surface area (Å²) in [5, 5.41) is 3.44. The second kappa shape index (κ2) is 8.60. The smallest absolute Gasteiger partial charge is 0.255 e. The average molecular weight is 382 g/mol. The van der Waals surface area contributed by atoms with Crippen LogP contribution >= 0.6 is 11.6 Å². The highest BCUT2D eigenvalue weighted by molar-refractivity contribution is 6.31. The third kappa shape index (κ3) is 4.80. The quantitative estimate of drug-likeness (QED) is 0.614. The number of hydrogen-bond acceptors (Lipinski definition) is 3. The molecule has 0 aliphatic carbocycles. The number of methoxy groups -OCH3 is 1. The van der Waals surface area contributed by atoms with Crippen LogP contribution < -0.4 is 14.8 Å². The Hall–Kier alpha value is -2.98. The number of rotatable bonds is 6. The molecule has 0 saturated carbocycles. The Balaban J connectivity index is 1.74. The monoisotopic (exact) mass is 381 g/mol. The molecule has 0 fully saturated rings. The van der Waals surface area contributed by atoms with Crippen molar-refractivity contribution in [2.45, 2.75) is 13.5 Å². The Bertz CT molecular complexity index is 942. The van der Waals surface area contributed by atoms with Gasteiger partial charge in [0.15, 0.2) is 11.5 Å². The molecule has 0 radical (unpaired) electrons. The molecule has 0 atom stereocenters. The number of hydrogen-bond donors (Lipinski definition) is 1. The van der Waals surface area contributed by atoms with Gasteiger partial charge in [0, 0.05) is 16.3 Å². The Kier molecular flexibility index (Phi) is 5.99. The molecular weight excluding hydrogens is 362 g/mol. The maximum atomic E-state index is 12.6. The lowest BCUT2D eigenvalue weighted by atomic mass is 10.1. The van der Waals surface area contributed by atoms with Crippen LogP contribution in [0.1, 0.15) is 21.5 Å². The number of halogens is 1. The standard InChI is InChI=1S/C22H20ClNO3/c1-15-8-10-18(23)13-19(15)24-22(25)17-9-11-20(21(12-17)26-2)27-14-16-6-4-3-5-7-16/h3-13H,14H2,1-2H3,(H,24,25). The van der Waals surface area contributed by atoms with E-state index in [1.165, 1.54) is 0 Å². The molecule has 0 bridgehead atoms. The molecule has 0 unspecified atom stereocenters. The predicted molar refractivity (Wildman–Crippen MR) is 108 cm³/mol. The Morgan fingerprint density at radius 3 is 2.52 bits per heavy atom. The van der Waals surface area contributed by atoms with Crippen LogP contribution in [0.2, 0.25) is 5.02 Å². The predicted octanol–water partition coefficient (Wildman–Crippen LogP) is 5.49. The number of benzene rings is 3. The molecule has 0 aromatic heterocycles. The van der Waals surface area contributed by atoms with Gasteiger partial charge in [-0.15, -0.1) is 0 Å². The van der Waals surface area contributed by atoms with Gasteiger partial charge in [0.2, 0.25) is 0 Å². The molecule has 0 saturated heterocycles. The van der Waals surface area contributed by atoms with Crippen molar-refractivity contribution in [3.05, 3.63) is 88.4 Å². The van der Waals surface area contributed by atoms with Crippen molar-refractivity contribution >= 4 is 23.2 Å². The van der Waals surface area contributed by atoms with Crippen LogP contribution in [-0.2, 0) is 6.61 Å². The Morgan fingerprint density at radius 2 is 1.78 bits per heavy atom. The van der Waals surface area contributed by atoms with E-state index in [2.05, 4.69) is 5.32 Å². The molecule has 0 aliphatic heterocycles. The number of ether oxygens (including phenoxy) is 2. The third-order valence-corrected chi connectivity index (χ3v) is 4.35. The number of amides is 1. The number of aryl methyl sites for hydroxylation is 1. The molecular formula is C22H20ClNO3. The van der Waals surface area contributed by atoms with Crippen molar-refractivity contribution in [2.24, 2.45) is 0 Å². The highest BCUT2D eigenvalue weighted by Gasteiger charge is 2.13. The lowest BCUT2D eigenvalue weighted by molar-refractivity contribution is 0.102. The summed E-state index contributed by atoms with van der Waals surface area (Å²) in [5.41, 5.74) is 3.13. The third-order valence-electron chi connectivity index (χ3n) is 4.11. The van der Waals surface area contributed by atoms with Crippen LogP contribution in [0.15, 0.2) is 66.7 Å². The lowest BCUT2D eigenvalue weighted by Crippen LogP contribution is -2.13. The zero-order chi connectivity index (χ0) is 19.2. The summed E-state index contributed by atoms with van der Waals surface area (Å²) in [7, 11) is 1.55. The maximum Gasteiger partial charge on any atom is 0.255 e. The Morgan fingerprint density at radius 1 is 1.00 bits per heavy atom. The largest absolute Gasteiger partial charge is 0.493 e. The summed E-state index contributed by atoms with van der Waals surface area (Å²) in [6.45, 7) is 2.33.